The Morgan fingerprint density at radius 2 is 1.65 bits per heavy atom. The first-order chi connectivity index (χ1) is 12.5. The number of halogens is 1. The summed E-state index contributed by atoms with van der Waals surface area (Å²) in [6.45, 7) is 3.86. The molecule has 0 saturated carbocycles. The van der Waals surface area contributed by atoms with Crippen LogP contribution >= 0.6 is 11.6 Å². The predicted molar refractivity (Wildman–Crippen MR) is 101 cm³/mol. The van der Waals surface area contributed by atoms with Crippen LogP contribution in [0.5, 0.6) is 0 Å². The third-order valence-corrected chi connectivity index (χ3v) is 4.44. The topological polar surface area (TPSA) is 68.4 Å². The highest BCUT2D eigenvalue weighted by Crippen LogP contribution is 2.29. The Kier molecular flexibility index (Phi) is 5.47. The minimum absolute atomic E-state index is 0.219. The largest absolute Gasteiger partial charge is 0.465 e. The molecule has 0 amide bonds. The van der Waals surface area contributed by atoms with Gasteiger partial charge < -0.3 is 14.5 Å². The second-order valence-corrected chi connectivity index (χ2v) is 6.39. The van der Waals surface area contributed by atoms with Crippen LogP contribution in [0.2, 0.25) is 5.02 Å². The van der Waals surface area contributed by atoms with Crippen molar-refractivity contribution in [3.8, 4) is 0 Å². The van der Waals surface area contributed by atoms with Crippen LogP contribution in [0.1, 0.15) is 19.4 Å². The fraction of sp³-hybridized carbons (Fsp3) is 0.300. The summed E-state index contributed by atoms with van der Waals surface area (Å²) >= 11 is 6.09. The fourth-order valence-corrected chi connectivity index (χ4v) is 3.21. The van der Waals surface area contributed by atoms with Crippen molar-refractivity contribution in [2.75, 3.05) is 13.2 Å². The molecular formula is C20H20ClNO4. The molecule has 1 aromatic heterocycles. The highest BCUT2D eigenvalue weighted by Gasteiger charge is 2.29. The minimum Gasteiger partial charge on any atom is -0.465 e. The third-order valence-electron chi connectivity index (χ3n) is 4.21. The molecule has 136 valence electrons. The number of benzene rings is 2. The molecule has 0 aliphatic carbocycles. The summed E-state index contributed by atoms with van der Waals surface area (Å²) in [4.78, 5) is 27.7. The lowest BCUT2D eigenvalue weighted by molar-refractivity contribution is -0.161. The van der Waals surface area contributed by atoms with Crippen molar-refractivity contribution in [3.05, 3.63) is 47.0 Å². The summed E-state index contributed by atoms with van der Waals surface area (Å²) in [5, 5.41) is 2.74. The second kappa shape index (κ2) is 7.79. The van der Waals surface area contributed by atoms with Gasteiger partial charge in [-0.3, -0.25) is 9.59 Å². The van der Waals surface area contributed by atoms with Crippen molar-refractivity contribution in [2.45, 2.75) is 20.3 Å². The van der Waals surface area contributed by atoms with Crippen molar-refractivity contribution in [1.82, 2.24) is 4.98 Å². The minimum atomic E-state index is -0.967. The van der Waals surface area contributed by atoms with Crippen LogP contribution in [-0.2, 0) is 25.5 Å². The monoisotopic (exact) mass is 373 g/mol. The molecule has 0 saturated heterocycles. The number of carbonyl (C=O) groups is 2. The van der Waals surface area contributed by atoms with Gasteiger partial charge in [0, 0.05) is 26.8 Å². The normalized spacial score (nSPS) is 11.2. The Balaban J connectivity index is 1.94. The highest BCUT2D eigenvalue weighted by molar-refractivity contribution is 6.31. The van der Waals surface area contributed by atoms with E-state index in [1.165, 1.54) is 0 Å². The summed E-state index contributed by atoms with van der Waals surface area (Å²) in [5.74, 6) is -2.09. The summed E-state index contributed by atoms with van der Waals surface area (Å²) in [6.07, 6.45) is 0.226. The average molecular weight is 374 g/mol. The van der Waals surface area contributed by atoms with Crippen molar-refractivity contribution in [3.63, 3.8) is 0 Å². The first kappa shape index (κ1) is 18.3. The van der Waals surface area contributed by atoms with E-state index in [-0.39, 0.29) is 19.6 Å². The molecule has 0 spiro atoms. The molecule has 0 bridgehead atoms. The van der Waals surface area contributed by atoms with E-state index < -0.39 is 17.9 Å². The van der Waals surface area contributed by atoms with Gasteiger partial charge in [0.2, 0.25) is 0 Å². The molecule has 5 nitrogen and oxygen atoms in total. The number of aromatic nitrogens is 1. The number of aromatic amines is 1. The van der Waals surface area contributed by atoms with E-state index in [2.05, 4.69) is 4.98 Å². The van der Waals surface area contributed by atoms with Crippen molar-refractivity contribution in [2.24, 2.45) is 5.92 Å². The van der Waals surface area contributed by atoms with E-state index in [1.807, 2.05) is 36.4 Å². The SMILES string of the molecule is CCOC(=O)C(Cc1ccc2c(c1)[nH]c1ccc(Cl)cc12)C(=O)OCC. The summed E-state index contributed by atoms with van der Waals surface area (Å²) in [6, 6.07) is 11.5. The lowest BCUT2D eigenvalue weighted by atomic mass is 9.98. The molecule has 0 atom stereocenters. The van der Waals surface area contributed by atoms with Crippen LogP contribution < -0.4 is 0 Å². The Morgan fingerprint density at radius 3 is 2.31 bits per heavy atom. The summed E-state index contributed by atoms with van der Waals surface area (Å²) < 4.78 is 10.1. The van der Waals surface area contributed by atoms with Gasteiger partial charge in [0.25, 0.3) is 0 Å². The van der Waals surface area contributed by atoms with Gasteiger partial charge in [-0.05, 0) is 50.1 Å². The van der Waals surface area contributed by atoms with E-state index in [9.17, 15) is 9.59 Å². The first-order valence-corrected chi connectivity index (χ1v) is 8.94. The average Bonchev–Trinajstić information content (AvgIpc) is 2.97. The first-order valence-electron chi connectivity index (χ1n) is 8.56. The van der Waals surface area contributed by atoms with Gasteiger partial charge in [0.1, 0.15) is 0 Å². The van der Waals surface area contributed by atoms with E-state index in [0.717, 1.165) is 27.4 Å². The zero-order valence-electron chi connectivity index (χ0n) is 14.7. The molecule has 0 fully saturated rings. The van der Waals surface area contributed by atoms with Crippen LogP contribution in [0.4, 0.5) is 0 Å². The molecule has 3 aromatic rings. The maximum Gasteiger partial charge on any atom is 0.320 e. The third kappa shape index (κ3) is 3.68. The summed E-state index contributed by atoms with van der Waals surface area (Å²) in [7, 11) is 0. The van der Waals surface area contributed by atoms with Crippen molar-refractivity contribution in [1.29, 1.82) is 0 Å². The standard InChI is InChI=1S/C20H20ClNO4/c1-3-25-19(23)16(20(24)26-4-2)9-12-5-7-14-15-11-13(21)6-8-17(15)22-18(14)10-12/h5-8,10-11,16,22H,3-4,9H2,1-2H3. The number of ether oxygens (including phenoxy) is 2. The van der Waals surface area contributed by atoms with Crippen LogP contribution in [0, 0.1) is 5.92 Å². The molecule has 26 heavy (non-hydrogen) atoms. The molecule has 3 rings (SSSR count). The van der Waals surface area contributed by atoms with Gasteiger partial charge >= 0.3 is 11.9 Å². The molecule has 0 radical (unpaired) electrons. The molecule has 6 heteroatoms. The number of rotatable bonds is 6. The molecular weight excluding hydrogens is 354 g/mol. The van der Waals surface area contributed by atoms with E-state index in [4.69, 9.17) is 21.1 Å². The van der Waals surface area contributed by atoms with Gasteiger partial charge in [0.15, 0.2) is 5.92 Å². The van der Waals surface area contributed by atoms with Crippen molar-refractivity contribution < 1.29 is 19.1 Å². The summed E-state index contributed by atoms with van der Waals surface area (Å²) in [5.41, 5.74) is 2.75. The molecule has 0 unspecified atom stereocenters. The molecule has 0 aliphatic heterocycles. The van der Waals surface area contributed by atoms with Crippen LogP contribution in [0.25, 0.3) is 21.8 Å². The molecule has 1 heterocycles. The van der Waals surface area contributed by atoms with Gasteiger partial charge in [-0.25, -0.2) is 0 Å². The predicted octanol–water partition coefficient (Wildman–Crippen LogP) is 4.26. The van der Waals surface area contributed by atoms with Crippen molar-refractivity contribution >= 4 is 45.3 Å². The molecule has 1 N–H and O–H groups in total. The Hall–Kier alpha value is -2.53. The number of esters is 2. The Morgan fingerprint density at radius 1 is 0.962 bits per heavy atom. The van der Waals surface area contributed by atoms with Crippen LogP contribution in [-0.4, -0.2) is 30.1 Å². The van der Waals surface area contributed by atoms with Gasteiger partial charge in [0.05, 0.1) is 13.2 Å². The highest BCUT2D eigenvalue weighted by atomic mass is 35.5. The second-order valence-electron chi connectivity index (χ2n) is 5.96. The molecule has 2 aromatic carbocycles. The Labute approximate surface area is 156 Å². The number of H-pyrrole nitrogens is 1. The number of carbonyl (C=O) groups excluding carboxylic acids is 2. The fourth-order valence-electron chi connectivity index (χ4n) is 3.03. The lowest BCUT2D eigenvalue weighted by Gasteiger charge is -2.14. The smallest absolute Gasteiger partial charge is 0.320 e. The maximum atomic E-state index is 12.2. The number of hydrogen-bond acceptors (Lipinski definition) is 4. The van der Waals surface area contributed by atoms with E-state index in [0.29, 0.717) is 5.02 Å². The number of fused-ring (bicyclic) bond motifs is 3. The van der Waals surface area contributed by atoms with Crippen LogP contribution in [0.15, 0.2) is 36.4 Å². The number of hydrogen-bond donors (Lipinski definition) is 1. The maximum absolute atomic E-state index is 12.2. The van der Waals surface area contributed by atoms with Gasteiger partial charge in [-0.2, -0.15) is 0 Å². The zero-order chi connectivity index (χ0) is 18.7. The van der Waals surface area contributed by atoms with Gasteiger partial charge in [-0.1, -0.05) is 23.7 Å². The van der Waals surface area contributed by atoms with Crippen LogP contribution in [0.3, 0.4) is 0 Å². The quantitative estimate of drug-likeness (QED) is 0.517. The van der Waals surface area contributed by atoms with E-state index >= 15 is 0 Å². The molecule has 0 aliphatic rings. The van der Waals surface area contributed by atoms with Gasteiger partial charge in [-0.15, -0.1) is 0 Å². The van der Waals surface area contributed by atoms with E-state index in [1.54, 1.807) is 13.8 Å². The lowest BCUT2D eigenvalue weighted by Crippen LogP contribution is -2.30. The number of nitrogens with one attached hydrogen (secondary N) is 1. The zero-order valence-corrected chi connectivity index (χ0v) is 15.4. The Bertz CT molecular complexity index is 945.